The number of benzene rings is 1. The van der Waals surface area contributed by atoms with Gasteiger partial charge < -0.3 is 15.0 Å². The molecule has 1 aromatic rings. The SMILES string of the molecule is CCCCN(C)C(=O)Nc1ccccc1OC. The second-order valence-corrected chi connectivity index (χ2v) is 3.91. The van der Waals surface area contributed by atoms with Gasteiger partial charge in [0.05, 0.1) is 12.8 Å². The number of nitrogens with zero attached hydrogens (tertiary/aromatic N) is 1. The molecule has 4 heteroatoms. The van der Waals surface area contributed by atoms with E-state index >= 15 is 0 Å². The Morgan fingerprint density at radius 1 is 1.41 bits per heavy atom. The lowest BCUT2D eigenvalue weighted by atomic mass is 10.3. The fraction of sp³-hybridized carbons (Fsp3) is 0.462. The third-order valence-electron chi connectivity index (χ3n) is 2.54. The molecule has 4 nitrogen and oxygen atoms in total. The minimum atomic E-state index is -0.108. The number of urea groups is 1. The minimum Gasteiger partial charge on any atom is -0.495 e. The average molecular weight is 236 g/mol. The van der Waals surface area contributed by atoms with Gasteiger partial charge in [0.25, 0.3) is 0 Å². The van der Waals surface area contributed by atoms with Crippen LogP contribution in [0.2, 0.25) is 0 Å². The van der Waals surface area contributed by atoms with Crippen LogP contribution >= 0.6 is 0 Å². The maximum atomic E-state index is 11.8. The summed E-state index contributed by atoms with van der Waals surface area (Å²) in [6.07, 6.45) is 2.09. The van der Waals surface area contributed by atoms with Crippen molar-refractivity contribution in [1.29, 1.82) is 0 Å². The van der Waals surface area contributed by atoms with E-state index in [4.69, 9.17) is 4.74 Å². The first-order valence-electron chi connectivity index (χ1n) is 5.84. The number of ether oxygens (including phenoxy) is 1. The summed E-state index contributed by atoms with van der Waals surface area (Å²) in [6, 6.07) is 7.27. The molecule has 2 amide bonds. The van der Waals surface area contributed by atoms with E-state index in [1.807, 2.05) is 24.3 Å². The number of amides is 2. The highest BCUT2D eigenvalue weighted by Gasteiger charge is 2.10. The van der Waals surface area contributed by atoms with Gasteiger partial charge in [-0.3, -0.25) is 0 Å². The molecule has 0 unspecified atom stereocenters. The van der Waals surface area contributed by atoms with Gasteiger partial charge in [-0.15, -0.1) is 0 Å². The molecule has 94 valence electrons. The lowest BCUT2D eigenvalue weighted by Crippen LogP contribution is -2.32. The third kappa shape index (κ3) is 3.98. The molecule has 0 heterocycles. The number of para-hydroxylation sites is 2. The van der Waals surface area contributed by atoms with Gasteiger partial charge in [0.15, 0.2) is 0 Å². The summed E-state index contributed by atoms with van der Waals surface area (Å²) in [4.78, 5) is 13.5. The van der Waals surface area contributed by atoms with Crippen molar-refractivity contribution < 1.29 is 9.53 Å². The average Bonchev–Trinajstić information content (AvgIpc) is 2.36. The number of hydrogen-bond acceptors (Lipinski definition) is 2. The van der Waals surface area contributed by atoms with Crippen LogP contribution in [0.1, 0.15) is 19.8 Å². The van der Waals surface area contributed by atoms with E-state index in [0.717, 1.165) is 19.4 Å². The standard InChI is InChI=1S/C13H20N2O2/c1-4-5-10-15(2)13(16)14-11-8-6-7-9-12(11)17-3/h6-9H,4-5,10H2,1-3H3,(H,14,16). The Kier molecular flexibility index (Phi) is 5.33. The third-order valence-corrected chi connectivity index (χ3v) is 2.54. The molecule has 1 aromatic carbocycles. The van der Waals surface area contributed by atoms with Crippen LogP contribution in [-0.4, -0.2) is 31.6 Å². The van der Waals surface area contributed by atoms with Crippen molar-refractivity contribution in [3.05, 3.63) is 24.3 Å². The lowest BCUT2D eigenvalue weighted by molar-refractivity contribution is 0.221. The molecular formula is C13H20N2O2. The molecule has 0 aliphatic rings. The number of rotatable bonds is 5. The molecule has 0 aliphatic heterocycles. The molecule has 0 fully saturated rings. The van der Waals surface area contributed by atoms with E-state index in [-0.39, 0.29) is 6.03 Å². The fourth-order valence-corrected chi connectivity index (χ4v) is 1.46. The summed E-state index contributed by atoms with van der Waals surface area (Å²) in [5, 5.41) is 2.83. The van der Waals surface area contributed by atoms with Gasteiger partial charge in [0.2, 0.25) is 0 Å². The number of anilines is 1. The van der Waals surface area contributed by atoms with E-state index in [1.54, 1.807) is 19.1 Å². The molecule has 0 aromatic heterocycles. The van der Waals surface area contributed by atoms with Crippen molar-refractivity contribution in [1.82, 2.24) is 4.90 Å². The molecule has 0 saturated heterocycles. The molecule has 0 radical (unpaired) electrons. The molecule has 0 spiro atoms. The second-order valence-electron chi connectivity index (χ2n) is 3.91. The zero-order chi connectivity index (χ0) is 12.7. The lowest BCUT2D eigenvalue weighted by Gasteiger charge is -2.18. The number of unbranched alkanes of at least 4 members (excludes halogenated alkanes) is 1. The highest BCUT2D eigenvalue weighted by Crippen LogP contribution is 2.23. The molecule has 0 saturated carbocycles. The highest BCUT2D eigenvalue weighted by molar-refractivity contribution is 5.90. The first-order valence-corrected chi connectivity index (χ1v) is 5.84. The number of hydrogen-bond donors (Lipinski definition) is 1. The minimum absolute atomic E-state index is 0.108. The summed E-state index contributed by atoms with van der Waals surface area (Å²) < 4.78 is 5.17. The van der Waals surface area contributed by atoms with Crippen molar-refractivity contribution in [2.24, 2.45) is 0 Å². The normalized spacial score (nSPS) is 9.82. The van der Waals surface area contributed by atoms with Crippen molar-refractivity contribution in [3.63, 3.8) is 0 Å². The summed E-state index contributed by atoms with van der Waals surface area (Å²) in [5.74, 6) is 0.671. The number of carbonyl (C=O) groups is 1. The smallest absolute Gasteiger partial charge is 0.321 e. The molecule has 1 N–H and O–H groups in total. The Labute approximate surface area is 103 Å². The molecular weight excluding hydrogens is 216 g/mol. The summed E-state index contributed by atoms with van der Waals surface area (Å²) in [7, 11) is 3.38. The Bertz CT molecular complexity index is 366. The van der Waals surface area contributed by atoms with Crippen LogP contribution in [0.15, 0.2) is 24.3 Å². The van der Waals surface area contributed by atoms with Gasteiger partial charge in [-0.25, -0.2) is 4.79 Å². The Balaban J connectivity index is 2.61. The summed E-state index contributed by atoms with van der Waals surface area (Å²) >= 11 is 0. The van der Waals surface area contributed by atoms with Gasteiger partial charge in [-0.05, 0) is 18.6 Å². The van der Waals surface area contributed by atoms with Crippen molar-refractivity contribution in [2.45, 2.75) is 19.8 Å². The Hall–Kier alpha value is -1.71. The molecule has 17 heavy (non-hydrogen) atoms. The van der Waals surface area contributed by atoms with E-state index in [0.29, 0.717) is 11.4 Å². The van der Waals surface area contributed by atoms with Crippen LogP contribution in [0.25, 0.3) is 0 Å². The van der Waals surface area contributed by atoms with Crippen LogP contribution in [-0.2, 0) is 0 Å². The van der Waals surface area contributed by atoms with Gasteiger partial charge in [0.1, 0.15) is 5.75 Å². The van der Waals surface area contributed by atoms with E-state index in [1.165, 1.54) is 0 Å². The summed E-state index contributed by atoms with van der Waals surface area (Å²) in [5.41, 5.74) is 0.698. The zero-order valence-corrected chi connectivity index (χ0v) is 10.7. The number of nitrogens with one attached hydrogen (secondary N) is 1. The van der Waals surface area contributed by atoms with E-state index < -0.39 is 0 Å². The maximum Gasteiger partial charge on any atom is 0.321 e. The van der Waals surface area contributed by atoms with Gasteiger partial charge in [-0.1, -0.05) is 25.5 Å². The first-order chi connectivity index (χ1) is 8.19. The highest BCUT2D eigenvalue weighted by atomic mass is 16.5. The first kappa shape index (κ1) is 13.4. The van der Waals surface area contributed by atoms with Crippen LogP contribution in [0.4, 0.5) is 10.5 Å². The Morgan fingerprint density at radius 3 is 2.76 bits per heavy atom. The maximum absolute atomic E-state index is 11.8. The van der Waals surface area contributed by atoms with E-state index in [9.17, 15) is 4.79 Å². The van der Waals surface area contributed by atoms with Crippen LogP contribution in [0.5, 0.6) is 5.75 Å². The van der Waals surface area contributed by atoms with Crippen molar-refractivity contribution >= 4 is 11.7 Å². The second kappa shape index (κ2) is 6.78. The van der Waals surface area contributed by atoms with Crippen LogP contribution < -0.4 is 10.1 Å². The van der Waals surface area contributed by atoms with Crippen molar-refractivity contribution in [2.75, 3.05) is 26.0 Å². The summed E-state index contributed by atoms with van der Waals surface area (Å²) in [6.45, 7) is 2.86. The quantitative estimate of drug-likeness (QED) is 0.854. The Morgan fingerprint density at radius 2 is 2.12 bits per heavy atom. The number of carbonyl (C=O) groups excluding carboxylic acids is 1. The fourth-order valence-electron chi connectivity index (χ4n) is 1.46. The largest absolute Gasteiger partial charge is 0.495 e. The van der Waals surface area contributed by atoms with Crippen molar-refractivity contribution in [3.8, 4) is 5.75 Å². The number of methoxy groups -OCH3 is 1. The molecule has 0 bridgehead atoms. The monoisotopic (exact) mass is 236 g/mol. The predicted octanol–water partition coefficient (Wildman–Crippen LogP) is 2.96. The van der Waals surface area contributed by atoms with E-state index in [2.05, 4.69) is 12.2 Å². The predicted molar refractivity (Wildman–Crippen MR) is 69.6 cm³/mol. The van der Waals surface area contributed by atoms with Gasteiger partial charge in [-0.2, -0.15) is 0 Å². The van der Waals surface area contributed by atoms with Crippen LogP contribution in [0.3, 0.4) is 0 Å². The van der Waals surface area contributed by atoms with Crippen LogP contribution in [0, 0.1) is 0 Å². The topological polar surface area (TPSA) is 41.6 Å². The molecule has 1 rings (SSSR count). The zero-order valence-electron chi connectivity index (χ0n) is 10.7. The molecule has 0 atom stereocenters. The molecule has 0 aliphatic carbocycles. The van der Waals surface area contributed by atoms with Gasteiger partial charge in [0, 0.05) is 13.6 Å². The van der Waals surface area contributed by atoms with Gasteiger partial charge >= 0.3 is 6.03 Å².